The summed E-state index contributed by atoms with van der Waals surface area (Å²) < 4.78 is 5.19. The van der Waals surface area contributed by atoms with E-state index < -0.39 is 0 Å². The molecule has 20 heavy (non-hydrogen) atoms. The predicted molar refractivity (Wildman–Crippen MR) is 80.7 cm³/mol. The maximum absolute atomic E-state index is 6.04. The first-order valence-electron chi connectivity index (χ1n) is 6.35. The monoisotopic (exact) mass is 265 g/mol. The van der Waals surface area contributed by atoms with Crippen molar-refractivity contribution >= 4 is 16.7 Å². The van der Waals surface area contributed by atoms with Gasteiger partial charge in [-0.25, -0.2) is 9.97 Å². The number of benzene rings is 2. The lowest BCUT2D eigenvalue weighted by molar-refractivity contribution is 0.415. The molecule has 0 atom stereocenters. The molecule has 0 fully saturated rings. The van der Waals surface area contributed by atoms with E-state index >= 15 is 0 Å². The minimum Gasteiger partial charge on any atom is -0.497 e. The molecule has 0 amide bonds. The van der Waals surface area contributed by atoms with Gasteiger partial charge in [0, 0.05) is 10.9 Å². The van der Waals surface area contributed by atoms with Crippen LogP contribution in [0.15, 0.2) is 42.5 Å². The van der Waals surface area contributed by atoms with Crippen molar-refractivity contribution in [3.63, 3.8) is 0 Å². The van der Waals surface area contributed by atoms with Crippen LogP contribution in [0.4, 0.5) is 5.82 Å². The zero-order valence-corrected chi connectivity index (χ0v) is 11.4. The van der Waals surface area contributed by atoms with E-state index in [0.29, 0.717) is 11.6 Å². The first-order chi connectivity index (χ1) is 9.67. The van der Waals surface area contributed by atoms with Crippen LogP contribution in [0.1, 0.15) is 5.56 Å². The summed E-state index contributed by atoms with van der Waals surface area (Å²) in [6.45, 7) is 2.05. The number of hydrogen-bond acceptors (Lipinski definition) is 4. The standard InChI is InChI=1S/C16H15N3O/c1-10-3-5-11(6-4-10)16-18-14-8-7-12(20-2)9-13(14)15(17)19-16/h3-9H,1-2H3,(H2,17,18,19). The first-order valence-corrected chi connectivity index (χ1v) is 6.35. The molecule has 0 bridgehead atoms. The number of aryl methyl sites for hydroxylation is 1. The van der Waals surface area contributed by atoms with Gasteiger partial charge < -0.3 is 10.5 Å². The molecule has 3 aromatic rings. The number of nitrogens with zero attached hydrogens (tertiary/aromatic N) is 2. The van der Waals surface area contributed by atoms with Crippen LogP contribution in [0, 0.1) is 6.92 Å². The fourth-order valence-electron chi connectivity index (χ4n) is 2.09. The van der Waals surface area contributed by atoms with Crippen molar-refractivity contribution in [1.82, 2.24) is 9.97 Å². The quantitative estimate of drug-likeness (QED) is 0.773. The van der Waals surface area contributed by atoms with Gasteiger partial charge in [0.15, 0.2) is 5.82 Å². The number of ether oxygens (including phenoxy) is 1. The van der Waals surface area contributed by atoms with Crippen LogP contribution >= 0.6 is 0 Å². The average Bonchev–Trinajstić information content (AvgIpc) is 2.47. The third kappa shape index (κ3) is 2.16. The molecule has 0 saturated heterocycles. The van der Waals surface area contributed by atoms with Gasteiger partial charge in [0.1, 0.15) is 11.6 Å². The van der Waals surface area contributed by atoms with Gasteiger partial charge in [0.25, 0.3) is 0 Å². The van der Waals surface area contributed by atoms with E-state index in [9.17, 15) is 0 Å². The largest absolute Gasteiger partial charge is 0.497 e. The highest BCUT2D eigenvalue weighted by atomic mass is 16.5. The van der Waals surface area contributed by atoms with Gasteiger partial charge in [-0.2, -0.15) is 0 Å². The summed E-state index contributed by atoms with van der Waals surface area (Å²) >= 11 is 0. The summed E-state index contributed by atoms with van der Waals surface area (Å²) in [6.07, 6.45) is 0. The van der Waals surface area contributed by atoms with Crippen molar-refractivity contribution in [3.8, 4) is 17.1 Å². The van der Waals surface area contributed by atoms with E-state index in [-0.39, 0.29) is 0 Å². The second kappa shape index (κ2) is 4.81. The minimum absolute atomic E-state index is 0.462. The summed E-state index contributed by atoms with van der Waals surface area (Å²) in [5, 5.41) is 0.806. The lowest BCUT2D eigenvalue weighted by Crippen LogP contribution is -1.98. The van der Waals surface area contributed by atoms with Gasteiger partial charge in [-0.3, -0.25) is 0 Å². The Morgan fingerprint density at radius 1 is 1.00 bits per heavy atom. The molecule has 2 aromatic carbocycles. The highest BCUT2D eigenvalue weighted by molar-refractivity contribution is 5.90. The third-order valence-corrected chi connectivity index (χ3v) is 3.24. The summed E-state index contributed by atoms with van der Waals surface area (Å²) in [7, 11) is 1.62. The molecule has 0 unspecified atom stereocenters. The van der Waals surface area contributed by atoms with Gasteiger partial charge >= 0.3 is 0 Å². The van der Waals surface area contributed by atoms with Crippen molar-refractivity contribution in [2.24, 2.45) is 0 Å². The Hall–Kier alpha value is -2.62. The maximum Gasteiger partial charge on any atom is 0.162 e. The molecule has 0 aliphatic carbocycles. The Labute approximate surface area is 117 Å². The molecule has 0 aliphatic rings. The van der Waals surface area contributed by atoms with Crippen molar-refractivity contribution in [1.29, 1.82) is 0 Å². The van der Waals surface area contributed by atoms with Crippen LogP contribution in [0.5, 0.6) is 5.75 Å². The number of rotatable bonds is 2. The molecule has 1 heterocycles. The van der Waals surface area contributed by atoms with Crippen LogP contribution in [-0.4, -0.2) is 17.1 Å². The highest BCUT2D eigenvalue weighted by Gasteiger charge is 2.08. The molecule has 0 spiro atoms. The molecule has 3 rings (SSSR count). The van der Waals surface area contributed by atoms with Crippen LogP contribution < -0.4 is 10.5 Å². The van der Waals surface area contributed by atoms with Gasteiger partial charge in [-0.15, -0.1) is 0 Å². The lowest BCUT2D eigenvalue weighted by atomic mass is 10.1. The smallest absolute Gasteiger partial charge is 0.162 e. The summed E-state index contributed by atoms with van der Waals surface area (Å²) in [6, 6.07) is 13.7. The fraction of sp³-hybridized carbons (Fsp3) is 0.125. The summed E-state index contributed by atoms with van der Waals surface area (Å²) in [5.74, 6) is 1.85. The second-order valence-electron chi connectivity index (χ2n) is 4.68. The zero-order chi connectivity index (χ0) is 14.1. The van der Waals surface area contributed by atoms with Crippen LogP contribution in [0.3, 0.4) is 0 Å². The highest BCUT2D eigenvalue weighted by Crippen LogP contribution is 2.26. The van der Waals surface area contributed by atoms with Crippen molar-refractivity contribution in [3.05, 3.63) is 48.0 Å². The van der Waals surface area contributed by atoms with Gasteiger partial charge in [0.05, 0.1) is 12.6 Å². The Balaban J connectivity index is 2.17. The molecule has 100 valence electrons. The predicted octanol–water partition coefficient (Wildman–Crippen LogP) is 3.20. The van der Waals surface area contributed by atoms with Gasteiger partial charge in [-0.1, -0.05) is 29.8 Å². The molecule has 1 aromatic heterocycles. The summed E-state index contributed by atoms with van der Waals surface area (Å²) in [5.41, 5.74) is 9.01. The molecule has 0 aliphatic heterocycles. The van der Waals surface area contributed by atoms with Crippen molar-refractivity contribution < 1.29 is 4.74 Å². The van der Waals surface area contributed by atoms with Crippen molar-refractivity contribution in [2.75, 3.05) is 12.8 Å². The lowest BCUT2D eigenvalue weighted by Gasteiger charge is -2.07. The van der Waals surface area contributed by atoms with E-state index in [4.69, 9.17) is 10.5 Å². The van der Waals surface area contributed by atoms with Crippen molar-refractivity contribution in [2.45, 2.75) is 6.92 Å². The number of fused-ring (bicyclic) bond motifs is 1. The van der Waals surface area contributed by atoms with E-state index in [2.05, 4.69) is 9.97 Å². The Kier molecular flexibility index (Phi) is 2.99. The van der Waals surface area contributed by atoms with Gasteiger partial charge in [0.2, 0.25) is 0 Å². The van der Waals surface area contributed by atoms with E-state index in [1.54, 1.807) is 7.11 Å². The SMILES string of the molecule is COc1ccc2nc(-c3ccc(C)cc3)nc(N)c2c1. The number of aromatic nitrogens is 2. The zero-order valence-electron chi connectivity index (χ0n) is 11.4. The Morgan fingerprint density at radius 3 is 2.45 bits per heavy atom. The van der Waals surface area contributed by atoms with Gasteiger partial charge in [-0.05, 0) is 25.1 Å². The van der Waals surface area contributed by atoms with Crippen LogP contribution in [0.2, 0.25) is 0 Å². The summed E-state index contributed by atoms with van der Waals surface area (Å²) in [4.78, 5) is 8.95. The van der Waals surface area contributed by atoms with E-state index in [1.165, 1.54) is 5.56 Å². The molecule has 0 radical (unpaired) electrons. The van der Waals surface area contributed by atoms with E-state index in [0.717, 1.165) is 22.2 Å². The molecule has 0 saturated carbocycles. The van der Waals surface area contributed by atoms with Crippen LogP contribution in [-0.2, 0) is 0 Å². The number of anilines is 1. The minimum atomic E-state index is 0.462. The molecule has 2 N–H and O–H groups in total. The normalized spacial score (nSPS) is 10.7. The van der Waals surface area contributed by atoms with E-state index in [1.807, 2.05) is 49.4 Å². The third-order valence-electron chi connectivity index (χ3n) is 3.24. The number of hydrogen-bond donors (Lipinski definition) is 1. The maximum atomic E-state index is 6.04. The van der Waals surface area contributed by atoms with Crippen LogP contribution in [0.25, 0.3) is 22.3 Å². The second-order valence-corrected chi connectivity index (χ2v) is 4.68. The Morgan fingerprint density at radius 2 is 1.75 bits per heavy atom. The topological polar surface area (TPSA) is 61.0 Å². The fourth-order valence-corrected chi connectivity index (χ4v) is 2.09. The first kappa shape index (κ1) is 12.4. The molecular weight excluding hydrogens is 250 g/mol. The molecule has 4 nitrogen and oxygen atoms in total. The molecule has 4 heteroatoms. The number of methoxy groups -OCH3 is 1. The molecular formula is C16H15N3O. The average molecular weight is 265 g/mol. The number of nitrogens with two attached hydrogens (primary N) is 1. The number of nitrogen functional groups attached to an aromatic ring is 1. The Bertz CT molecular complexity index is 767.